The largest absolute Gasteiger partial charge is 0.447 e. The number of aryl methyl sites for hydroxylation is 1. The molecule has 4 heterocycles. The van der Waals surface area contributed by atoms with Crippen LogP contribution in [0.4, 0.5) is 15.1 Å². The van der Waals surface area contributed by atoms with Crippen LogP contribution in [0.5, 0.6) is 0 Å². The minimum Gasteiger partial charge on any atom is -0.447 e. The number of likely N-dealkylation sites (tertiary alicyclic amines) is 1. The highest BCUT2D eigenvalue weighted by Crippen LogP contribution is 2.30. The van der Waals surface area contributed by atoms with Gasteiger partial charge >= 0.3 is 6.09 Å². The second-order valence-corrected chi connectivity index (χ2v) is 13.6. The summed E-state index contributed by atoms with van der Waals surface area (Å²) in [6.07, 6.45) is 4.25. The van der Waals surface area contributed by atoms with E-state index >= 15 is 0 Å². The number of hydrogen-bond acceptors (Lipinski definition) is 12. The second kappa shape index (κ2) is 15.8. The molecule has 0 spiro atoms. The maximum absolute atomic E-state index is 14.3. The highest BCUT2D eigenvalue weighted by molar-refractivity contribution is 7.85. The van der Waals surface area contributed by atoms with Crippen molar-refractivity contribution in [3.8, 4) is 11.4 Å². The number of nitrogens with two attached hydrogens (primary N) is 1. The molecular formula is C33H40FN7O7S. The van der Waals surface area contributed by atoms with Crippen LogP contribution in [0.2, 0.25) is 0 Å². The Morgan fingerprint density at radius 2 is 1.76 bits per heavy atom. The van der Waals surface area contributed by atoms with E-state index in [0.29, 0.717) is 67.8 Å². The molecule has 2 aromatic carbocycles. The molecule has 1 amide bonds. The van der Waals surface area contributed by atoms with Crippen molar-refractivity contribution in [2.75, 3.05) is 31.1 Å². The lowest BCUT2D eigenvalue weighted by Gasteiger charge is -2.31. The molecule has 3 N–H and O–H groups in total. The molecule has 4 aromatic rings. The molecule has 2 aliphatic heterocycles. The number of hydrogen-bond donors (Lipinski definition) is 2. The van der Waals surface area contributed by atoms with Crippen molar-refractivity contribution in [3.05, 3.63) is 83.8 Å². The van der Waals surface area contributed by atoms with Crippen LogP contribution >= 0.6 is 0 Å². The number of ether oxygens (including phenoxy) is 2. The highest BCUT2D eigenvalue weighted by atomic mass is 32.2. The standard InChI is InChI=1S/C26H32FN7O4.C7H8O3S/c1-16(2)37-26(35)33-9-7-18(8-10-33)36-15-23-31-24(32-38-23)17-11-29-25(30-12-17)34-13-20(22(28)14-34)19-5-3-4-6-21(19)27;1-6-2-4-7(5-3-6)11(8,9)10/h3-6,11-12,16,18,20,22H,7-10,13-15,28H2,1-2H3;2-5H,1H3,(H,8,9,10)/t20-,22+;/m1./s1. The van der Waals surface area contributed by atoms with Gasteiger partial charge in [0.05, 0.1) is 22.7 Å². The Morgan fingerprint density at radius 3 is 2.39 bits per heavy atom. The lowest BCUT2D eigenvalue weighted by atomic mass is 9.94. The Hall–Kier alpha value is -4.51. The van der Waals surface area contributed by atoms with Gasteiger partial charge < -0.3 is 29.5 Å². The van der Waals surface area contributed by atoms with Gasteiger partial charge in [0.15, 0.2) is 0 Å². The third-order valence-corrected chi connectivity index (χ3v) is 8.98. The van der Waals surface area contributed by atoms with E-state index in [9.17, 15) is 17.6 Å². The zero-order chi connectivity index (χ0) is 35.1. The van der Waals surface area contributed by atoms with Crippen molar-refractivity contribution < 1.29 is 36.2 Å². The number of halogens is 1. The number of nitrogens with zero attached hydrogens (tertiary/aromatic N) is 6. The Bertz CT molecular complexity index is 1800. The van der Waals surface area contributed by atoms with Gasteiger partial charge in [-0.3, -0.25) is 4.55 Å². The van der Waals surface area contributed by atoms with E-state index in [2.05, 4.69) is 20.1 Å². The zero-order valence-electron chi connectivity index (χ0n) is 27.5. The van der Waals surface area contributed by atoms with Gasteiger partial charge in [-0.25, -0.2) is 19.2 Å². The first-order valence-electron chi connectivity index (χ1n) is 15.9. The molecule has 14 nitrogen and oxygen atoms in total. The Balaban J connectivity index is 0.000000363. The molecule has 6 rings (SSSR count). The lowest BCUT2D eigenvalue weighted by molar-refractivity contribution is -0.0147. The van der Waals surface area contributed by atoms with Gasteiger partial charge in [0.2, 0.25) is 11.8 Å². The smallest absolute Gasteiger partial charge is 0.410 e. The van der Waals surface area contributed by atoms with Crippen LogP contribution < -0.4 is 10.6 Å². The average molecular weight is 698 g/mol. The van der Waals surface area contributed by atoms with E-state index in [1.807, 2.05) is 31.7 Å². The molecule has 2 fully saturated rings. The molecule has 0 radical (unpaired) electrons. The van der Waals surface area contributed by atoms with Gasteiger partial charge in [0, 0.05) is 50.5 Å². The van der Waals surface area contributed by atoms with Crippen LogP contribution in [-0.4, -0.2) is 88.5 Å². The van der Waals surface area contributed by atoms with Gasteiger partial charge in [-0.05, 0) is 57.4 Å². The van der Waals surface area contributed by atoms with Gasteiger partial charge in [-0.1, -0.05) is 41.1 Å². The minimum absolute atomic E-state index is 0.00362. The summed E-state index contributed by atoms with van der Waals surface area (Å²) in [4.78, 5) is 28.9. The average Bonchev–Trinajstić information content (AvgIpc) is 3.71. The Morgan fingerprint density at radius 1 is 1.08 bits per heavy atom. The fraction of sp³-hybridized carbons (Fsp3) is 0.424. The summed E-state index contributed by atoms with van der Waals surface area (Å²) in [5, 5.41) is 4.02. The lowest BCUT2D eigenvalue weighted by Crippen LogP contribution is -2.41. The SMILES string of the molecule is CC(C)OC(=O)N1CCC(OCc2nc(-c3cnc(N4C[C@H](c5ccccc5F)[C@@H](N)C4)nc3)no2)CC1.Cc1ccc(S(=O)(=O)O)cc1. The van der Waals surface area contributed by atoms with Crippen molar-refractivity contribution >= 4 is 22.2 Å². The fourth-order valence-corrected chi connectivity index (χ4v) is 5.99. The van der Waals surface area contributed by atoms with E-state index < -0.39 is 10.1 Å². The van der Waals surface area contributed by atoms with E-state index in [1.54, 1.807) is 41.6 Å². The topological polar surface area (TPSA) is 187 Å². The van der Waals surface area contributed by atoms with Crippen LogP contribution in [0.1, 0.15) is 49.6 Å². The summed E-state index contributed by atoms with van der Waals surface area (Å²) in [6.45, 7) is 7.91. The van der Waals surface area contributed by atoms with Crippen LogP contribution in [0, 0.1) is 12.7 Å². The summed E-state index contributed by atoms with van der Waals surface area (Å²) < 4.78 is 60.3. The molecule has 2 aliphatic rings. The van der Waals surface area contributed by atoms with E-state index in [0.717, 1.165) is 5.56 Å². The van der Waals surface area contributed by atoms with E-state index in [-0.39, 0.29) is 47.6 Å². The Labute approximate surface area is 284 Å². The fourth-order valence-electron chi connectivity index (χ4n) is 5.51. The summed E-state index contributed by atoms with van der Waals surface area (Å²) in [7, 11) is -4.02. The van der Waals surface area contributed by atoms with Gasteiger partial charge in [-0.2, -0.15) is 13.4 Å². The zero-order valence-corrected chi connectivity index (χ0v) is 28.3. The normalized spacial score (nSPS) is 18.3. The monoisotopic (exact) mass is 697 g/mol. The number of carbonyl (C=O) groups excluding carboxylic acids is 1. The number of anilines is 1. The summed E-state index contributed by atoms with van der Waals surface area (Å²) >= 11 is 0. The van der Waals surface area contributed by atoms with Crippen LogP contribution in [0.15, 0.2) is 70.3 Å². The number of carbonyl (C=O) groups is 1. The number of rotatable bonds is 8. The quantitative estimate of drug-likeness (QED) is 0.248. The van der Waals surface area contributed by atoms with Gasteiger partial charge in [0.1, 0.15) is 12.4 Å². The van der Waals surface area contributed by atoms with Crippen molar-refractivity contribution in [2.24, 2.45) is 5.73 Å². The molecule has 2 saturated heterocycles. The third-order valence-electron chi connectivity index (χ3n) is 8.12. The van der Waals surface area contributed by atoms with Crippen molar-refractivity contribution in [1.29, 1.82) is 0 Å². The van der Waals surface area contributed by atoms with Crippen molar-refractivity contribution in [3.63, 3.8) is 0 Å². The maximum Gasteiger partial charge on any atom is 0.410 e. The number of benzene rings is 2. The van der Waals surface area contributed by atoms with Gasteiger partial charge in [0.25, 0.3) is 16.0 Å². The third kappa shape index (κ3) is 9.56. The van der Waals surface area contributed by atoms with Crippen LogP contribution in [0.25, 0.3) is 11.4 Å². The first-order chi connectivity index (χ1) is 23.4. The first kappa shape index (κ1) is 35.8. The number of piperidine rings is 1. The molecule has 2 aromatic heterocycles. The maximum atomic E-state index is 14.3. The predicted molar refractivity (Wildman–Crippen MR) is 177 cm³/mol. The molecular weight excluding hydrogens is 657 g/mol. The van der Waals surface area contributed by atoms with Crippen LogP contribution in [-0.2, 0) is 26.2 Å². The number of aromatic nitrogens is 4. The number of amides is 1. The molecule has 262 valence electrons. The molecule has 2 atom stereocenters. The second-order valence-electron chi connectivity index (χ2n) is 12.2. The highest BCUT2D eigenvalue weighted by Gasteiger charge is 2.34. The summed E-state index contributed by atoms with van der Waals surface area (Å²) in [5.74, 6) is 0.839. The molecule has 16 heteroatoms. The molecule has 0 saturated carbocycles. The van der Waals surface area contributed by atoms with Crippen molar-refractivity contribution in [1.82, 2.24) is 25.0 Å². The van der Waals surface area contributed by atoms with Crippen LogP contribution in [0.3, 0.4) is 0 Å². The minimum atomic E-state index is -4.02. The summed E-state index contributed by atoms with van der Waals surface area (Å²) in [5.41, 5.74) is 8.49. The molecule has 0 aliphatic carbocycles. The molecule has 0 bridgehead atoms. The Kier molecular flexibility index (Phi) is 11.5. The summed E-state index contributed by atoms with van der Waals surface area (Å²) in [6, 6.07) is 12.5. The van der Waals surface area contributed by atoms with Crippen molar-refractivity contribution in [2.45, 2.75) is 69.3 Å². The predicted octanol–water partition coefficient (Wildman–Crippen LogP) is 4.36. The molecule has 0 unspecified atom stereocenters. The van der Waals surface area contributed by atoms with Gasteiger partial charge in [-0.15, -0.1) is 0 Å². The molecule has 49 heavy (non-hydrogen) atoms. The first-order valence-corrected chi connectivity index (χ1v) is 17.3. The van der Waals surface area contributed by atoms with E-state index in [1.165, 1.54) is 18.2 Å². The van der Waals surface area contributed by atoms with E-state index in [4.69, 9.17) is 24.3 Å².